The van der Waals surface area contributed by atoms with Crippen LogP contribution in [0.1, 0.15) is 36.0 Å². The minimum Gasteiger partial charge on any atom is -0.356 e. The quantitative estimate of drug-likeness (QED) is 0.492. The van der Waals surface area contributed by atoms with Crippen molar-refractivity contribution in [3.8, 4) is 0 Å². The maximum atomic E-state index is 11.9. The average Bonchev–Trinajstić information content (AvgIpc) is 2.70. The molecule has 0 spiro atoms. The summed E-state index contributed by atoms with van der Waals surface area (Å²) >= 11 is 11.6. The van der Waals surface area contributed by atoms with E-state index in [2.05, 4.69) is 16.0 Å². The smallest absolute Gasteiger partial charge is 0.251 e. The molecule has 2 aromatic carbocycles. The Kier molecular flexibility index (Phi) is 9.47. The number of halogens is 2. The molecular formula is C21H23Cl2N3O3. The molecule has 0 fully saturated rings. The highest BCUT2D eigenvalue weighted by molar-refractivity contribution is 6.31. The van der Waals surface area contributed by atoms with Gasteiger partial charge in [-0.15, -0.1) is 0 Å². The van der Waals surface area contributed by atoms with Crippen molar-refractivity contribution in [3.05, 3.63) is 64.1 Å². The van der Waals surface area contributed by atoms with Crippen LogP contribution in [0.3, 0.4) is 0 Å². The van der Waals surface area contributed by atoms with Crippen molar-refractivity contribution in [1.82, 2.24) is 10.6 Å². The maximum absolute atomic E-state index is 11.9. The van der Waals surface area contributed by atoms with E-state index in [1.54, 1.807) is 48.5 Å². The first-order valence-electron chi connectivity index (χ1n) is 9.30. The van der Waals surface area contributed by atoms with Crippen LogP contribution in [0, 0.1) is 0 Å². The number of nitrogens with one attached hydrogen (secondary N) is 3. The normalized spacial score (nSPS) is 10.3. The molecule has 0 heterocycles. The number of rotatable bonds is 10. The van der Waals surface area contributed by atoms with Gasteiger partial charge in [-0.25, -0.2) is 0 Å². The summed E-state index contributed by atoms with van der Waals surface area (Å²) in [6.45, 7) is 0.822. The van der Waals surface area contributed by atoms with Crippen LogP contribution < -0.4 is 16.0 Å². The van der Waals surface area contributed by atoms with Gasteiger partial charge in [-0.3, -0.25) is 14.4 Å². The molecule has 2 rings (SSSR count). The Hall–Kier alpha value is -2.57. The second-order valence-electron chi connectivity index (χ2n) is 6.37. The molecule has 29 heavy (non-hydrogen) atoms. The molecule has 8 heteroatoms. The molecule has 3 amide bonds. The lowest BCUT2D eigenvalue weighted by Gasteiger charge is -2.07. The molecule has 154 valence electrons. The van der Waals surface area contributed by atoms with E-state index in [-0.39, 0.29) is 17.7 Å². The third-order valence-electron chi connectivity index (χ3n) is 4.00. The Balaban J connectivity index is 1.52. The van der Waals surface area contributed by atoms with E-state index < -0.39 is 0 Å². The number of carbonyl (C=O) groups excluding carboxylic acids is 3. The Morgan fingerprint density at radius 2 is 1.21 bits per heavy atom. The molecule has 0 saturated carbocycles. The Morgan fingerprint density at radius 1 is 0.690 bits per heavy atom. The van der Waals surface area contributed by atoms with Crippen LogP contribution in [0.15, 0.2) is 48.5 Å². The molecule has 0 aromatic heterocycles. The number of amides is 3. The van der Waals surface area contributed by atoms with E-state index >= 15 is 0 Å². The molecule has 0 aliphatic heterocycles. The predicted octanol–water partition coefficient (Wildman–Crippen LogP) is 4.04. The molecule has 0 bridgehead atoms. The highest BCUT2D eigenvalue weighted by atomic mass is 35.5. The molecule has 0 aliphatic carbocycles. The van der Waals surface area contributed by atoms with E-state index in [1.807, 2.05) is 0 Å². The Morgan fingerprint density at radius 3 is 1.83 bits per heavy atom. The van der Waals surface area contributed by atoms with E-state index in [4.69, 9.17) is 23.2 Å². The van der Waals surface area contributed by atoms with Crippen LogP contribution in [-0.2, 0) is 9.59 Å². The molecular weight excluding hydrogens is 413 g/mol. The van der Waals surface area contributed by atoms with Crippen molar-refractivity contribution < 1.29 is 14.4 Å². The van der Waals surface area contributed by atoms with Crippen LogP contribution >= 0.6 is 23.2 Å². The molecule has 2 aromatic rings. The zero-order chi connectivity index (χ0) is 21.1. The van der Waals surface area contributed by atoms with E-state index in [1.165, 1.54) is 0 Å². The van der Waals surface area contributed by atoms with Crippen molar-refractivity contribution in [3.63, 3.8) is 0 Å². The summed E-state index contributed by atoms with van der Waals surface area (Å²) in [6, 6.07) is 13.5. The number of hydrogen-bond donors (Lipinski definition) is 3. The van der Waals surface area contributed by atoms with E-state index in [9.17, 15) is 14.4 Å². The molecule has 0 radical (unpaired) electrons. The van der Waals surface area contributed by atoms with Gasteiger partial charge in [0.25, 0.3) is 5.91 Å². The first-order chi connectivity index (χ1) is 13.9. The largest absolute Gasteiger partial charge is 0.356 e. The minimum absolute atomic E-state index is 0.108. The number of carbonyl (C=O) groups is 3. The van der Waals surface area contributed by atoms with Crippen LogP contribution in [0.4, 0.5) is 5.69 Å². The van der Waals surface area contributed by atoms with Crippen LogP contribution in [0.5, 0.6) is 0 Å². The third-order valence-corrected chi connectivity index (χ3v) is 4.51. The number of hydrogen-bond acceptors (Lipinski definition) is 3. The zero-order valence-electron chi connectivity index (χ0n) is 15.8. The lowest BCUT2D eigenvalue weighted by molar-refractivity contribution is -0.121. The maximum Gasteiger partial charge on any atom is 0.251 e. The lowest BCUT2D eigenvalue weighted by Crippen LogP contribution is -2.28. The summed E-state index contributed by atoms with van der Waals surface area (Å²) in [5.74, 6) is -0.427. The summed E-state index contributed by atoms with van der Waals surface area (Å²) in [4.78, 5) is 35.6. The van der Waals surface area contributed by atoms with Gasteiger partial charge in [0.1, 0.15) is 0 Å². The van der Waals surface area contributed by atoms with Crippen LogP contribution in [-0.4, -0.2) is 30.8 Å². The zero-order valence-corrected chi connectivity index (χ0v) is 17.4. The number of benzene rings is 2. The first-order valence-corrected chi connectivity index (χ1v) is 10.1. The van der Waals surface area contributed by atoms with Gasteiger partial charge in [0.2, 0.25) is 11.8 Å². The molecule has 0 saturated heterocycles. The van der Waals surface area contributed by atoms with Gasteiger partial charge in [0, 0.05) is 47.2 Å². The van der Waals surface area contributed by atoms with E-state index in [0.29, 0.717) is 60.1 Å². The Labute approximate surface area is 180 Å². The van der Waals surface area contributed by atoms with Gasteiger partial charge in [-0.2, -0.15) is 0 Å². The van der Waals surface area contributed by atoms with E-state index in [0.717, 1.165) is 0 Å². The fraction of sp³-hybridized carbons (Fsp3) is 0.286. The average molecular weight is 436 g/mol. The summed E-state index contributed by atoms with van der Waals surface area (Å²) < 4.78 is 0. The standard InChI is InChI=1S/C21H23Cl2N3O3/c22-16-7-5-15(6-8-16)21(29)25-14-1-3-19(27)24-13-2-4-20(28)26-18-11-9-17(23)10-12-18/h5-12H,1-4,13-14H2,(H,24,27)(H,25,29)(H,26,28). The number of anilines is 1. The van der Waals surface area contributed by atoms with Gasteiger partial charge in [-0.05, 0) is 61.4 Å². The first kappa shape index (κ1) is 22.7. The van der Waals surface area contributed by atoms with Gasteiger partial charge in [0.15, 0.2) is 0 Å². The summed E-state index contributed by atoms with van der Waals surface area (Å²) in [5.41, 5.74) is 1.21. The second-order valence-corrected chi connectivity index (χ2v) is 7.25. The fourth-order valence-electron chi connectivity index (χ4n) is 2.48. The van der Waals surface area contributed by atoms with Crippen molar-refractivity contribution in [2.24, 2.45) is 0 Å². The highest BCUT2D eigenvalue weighted by Gasteiger charge is 2.06. The van der Waals surface area contributed by atoms with Gasteiger partial charge in [-0.1, -0.05) is 23.2 Å². The van der Waals surface area contributed by atoms with Crippen molar-refractivity contribution in [2.75, 3.05) is 18.4 Å². The minimum atomic E-state index is -0.200. The molecule has 0 atom stereocenters. The second kappa shape index (κ2) is 12.1. The van der Waals surface area contributed by atoms with Crippen molar-refractivity contribution >= 4 is 46.6 Å². The topological polar surface area (TPSA) is 87.3 Å². The summed E-state index contributed by atoms with van der Waals surface area (Å²) in [5, 5.41) is 9.48. The Bertz CT molecular complexity index is 824. The fourth-order valence-corrected chi connectivity index (χ4v) is 2.73. The highest BCUT2D eigenvalue weighted by Crippen LogP contribution is 2.13. The molecule has 6 nitrogen and oxygen atoms in total. The summed E-state index contributed by atoms with van der Waals surface area (Å²) in [6.07, 6.45) is 1.68. The monoisotopic (exact) mass is 435 g/mol. The van der Waals surface area contributed by atoms with Gasteiger partial charge < -0.3 is 16.0 Å². The summed E-state index contributed by atoms with van der Waals surface area (Å²) in [7, 11) is 0. The predicted molar refractivity (Wildman–Crippen MR) is 115 cm³/mol. The molecule has 0 unspecified atom stereocenters. The van der Waals surface area contributed by atoms with Crippen LogP contribution in [0.25, 0.3) is 0 Å². The third kappa shape index (κ3) is 8.98. The van der Waals surface area contributed by atoms with Crippen molar-refractivity contribution in [2.45, 2.75) is 25.7 Å². The molecule has 3 N–H and O–H groups in total. The van der Waals surface area contributed by atoms with Crippen molar-refractivity contribution in [1.29, 1.82) is 0 Å². The SMILES string of the molecule is O=C(CCCNC(=O)c1ccc(Cl)cc1)NCCCC(=O)Nc1ccc(Cl)cc1. The molecule has 0 aliphatic rings. The van der Waals surface area contributed by atoms with Gasteiger partial charge >= 0.3 is 0 Å². The lowest BCUT2D eigenvalue weighted by atomic mass is 10.2. The van der Waals surface area contributed by atoms with Gasteiger partial charge in [0.05, 0.1) is 0 Å². The van der Waals surface area contributed by atoms with Crippen LogP contribution in [0.2, 0.25) is 10.0 Å².